The molecule has 1 radical (unpaired) electrons. The third kappa shape index (κ3) is 11.0. The van der Waals surface area contributed by atoms with Crippen molar-refractivity contribution in [2.24, 2.45) is 0 Å². The smallest absolute Gasteiger partial charge is 0.303 e. The van der Waals surface area contributed by atoms with Crippen LogP contribution >= 0.6 is 7.82 Å². The molecule has 0 aliphatic carbocycles. The Labute approximate surface area is 66.4 Å². The van der Waals surface area contributed by atoms with E-state index in [-0.39, 0.29) is 32.7 Å². The van der Waals surface area contributed by atoms with Gasteiger partial charge in [0.05, 0.1) is 0 Å². The fourth-order valence-corrected chi connectivity index (χ4v) is 0. The van der Waals surface area contributed by atoms with Crippen LogP contribution in [0.1, 0.15) is 0 Å². The average Bonchev–Trinajstić information content (AvgIpc) is 1.35. The molecule has 0 saturated heterocycles. The van der Waals surface area contributed by atoms with E-state index in [4.69, 9.17) is 9.79 Å². The Balaban J connectivity index is 0. The van der Waals surface area contributed by atoms with Crippen LogP contribution in [0.4, 0.5) is 0 Å². The van der Waals surface area contributed by atoms with Crippen LogP contribution in [0, 0.1) is 0 Å². The van der Waals surface area contributed by atoms with Gasteiger partial charge < -0.3 is 9.79 Å². The van der Waals surface area contributed by atoms with Crippen LogP contribution < -0.4 is 0 Å². The van der Waals surface area contributed by atoms with Gasteiger partial charge in [-0.2, -0.15) is 0 Å². The molecule has 0 saturated carbocycles. The summed E-state index contributed by atoms with van der Waals surface area (Å²) in [6.45, 7) is 0. The van der Waals surface area contributed by atoms with Crippen molar-refractivity contribution in [1.82, 2.24) is 0 Å². The van der Waals surface area contributed by atoms with Crippen molar-refractivity contribution in [3.63, 3.8) is 0 Å². The van der Waals surface area contributed by atoms with E-state index >= 15 is 0 Å². The zero-order valence-corrected chi connectivity index (χ0v) is 7.47. The predicted octanol–water partition coefficient (Wildman–Crippen LogP) is -0.277. The largest absolute Gasteiger partial charge is 0.469 e. The van der Waals surface area contributed by atoms with Crippen LogP contribution in [0.15, 0.2) is 0 Å². The molecule has 0 unspecified atom stereocenters. The van der Waals surface area contributed by atoms with Crippen LogP contribution in [-0.4, -0.2) is 16.9 Å². The maximum Gasteiger partial charge on any atom is 0.469 e. The van der Waals surface area contributed by atoms with Crippen molar-refractivity contribution in [3.05, 3.63) is 0 Å². The maximum atomic E-state index is 9.47. The summed E-state index contributed by atoms with van der Waals surface area (Å²) in [5.41, 5.74) is 0. The van der Waals surface area contributed by atoms with Gasteiger partial charge in [-0.25, -0.2) is 4.57 Å². The van der Waals surface area contributed by atoms with Crippen LogP contribution in [0.25, 0.3) is 0 Å². The Morgan fingerprint density at radius 2 is 1.71 bits per heavy atom. The average molecular weight is 201 g/mol. The van der Waals surface area contributed by atoms with Crippen LogP contribution in [0.3, 0.4) is 0 Å². The van der Waals surface area contributed by atoms with Gasteiger partial charge >= 0.3 is 7.82 Å². The first-order chi connectivity index (χ1) is 2.56. The Morgan fingerprint density at radius 1 is 1.57 bits per heavy atom. The maximum absolute atomic E-state index is 9.47. The number of hydrogen-bond acceptors (Lipinski definition) is 2. The van der Waals surface area contributed by atoms with Crippen molar-refractivity contribution < 1.29 is 51.6 Å². The summed E-state index contributed by atoms with van der Waals surface area (Å²) in [5.74, 6) is 0. The van der Waals surface area contributed by atoms with Gasteiger partial charge in [0.2, 0.25) is 0 Å². The molecule has 0 aliphatic rings. The Morgan fingerprint density at radius 3 is 1.71 bits per heavy atom. The Hall–Kier alpha value is 1.21. The first-order valence-corrected chi connectivity index (χ1v) is 2.70. The number of phosphoric ester groups is 1. The summed E-state index contributed by atoms with van der Waals surface area (Å²) >= 11 is 0. The van der Waals surface area contributed by atoms with Crippen molar-refractivity contribution in [1.29, 1.82) is 0 Å². The van der Waals surface area contributed by atoms with E-state index in [1.54, 1.807) is 0 Å². The zero-order chi connectivity index (χ0) is 5.21. The summed E-state index contributed by atoms with van der Waals surface area (Å²) in [6, 6.07) is 0. The van der Waals surface area contributed by atoms with E-state index in [1.165, 1.54) is 0 Å². The van der Waals surface area contributed by atoms with E-state index in [1.807, 2.05) is 0 Å². The van der Waals surface area contributed by atoms with Crippen molar-refractivity contribution >= 4 is 7.82 Å². The normalized spacial score (nSPS) is 10.1. The topological polar surface area (TPSA) is 66.8 Å². The minimum atomic E-state index is -4.15. The number of phosphoric acid groups is 1. The molecule has 0 aromatic heterocycles. The quantitative estimate of drug-likeness (QED) is 0.572. The Bertz CT molecular complexity index is 75.8. The van der Waals surface area contributed by atoms with E-state index in [0.29, 0.717) is 0 Å². The van der Waals surface area contributed by atoms with Gasteiger partial charge in [0, 0.05) is 39.8 Å². The second-order valence-corrected chi connectivity index (χ2v) is 2.02. The third-order valence-corrected chi connectivity index (χ3v) is 0.714. The fraction of sp³-hybridized carbons (Fsp3) is 1.00. The van der Waals surface area contributed by atoms with Crippen LogP contribution in [0.5, 0.6) is 0 Å². The third-order valence-electron chi connectivity index (χ3n) is 0.238. The fourth-order valence-electron chi connectivity index (χ4n) is 0. The van der Waals surface area contributed by atoms with Crippen LogP contribution in [-0.2, 0) is 41.8 Å². The molecule has 0 aromatic carbocycles. The summed E-state index contributed by atoms with van der Waals surface area (Å²) in [6.07, 6.45) is 0. The number of hydrogen-bond donors (Lipinski definition) is 2. The van der Waals surface area contributed by atoms with Crippen molar-refractivity contribution in [2.75, 3.05) is 7.11 Å². The summed E-state index contributed by atoms with van der Waals surface area (Å²) < 4.78 is 13.1. The monoisotopic (exact) mass is 201 g/mol. The standard InChI is InChI=1S/CH5O4P.Y/c1-5-6(2,3)4;/h1H3,(H2,2,3,4);. The van der Waals surface area contributed by atoms with Crippen molar-refractivity contribution in [2.45, 2.75) is 0 Å². The molecule has 2 N–H and O–H groups in total. The molecule has 0 aromatic rings. The van der Waals surface area contributed by atoms with E-state index < -0.39 is 7.82 Å². The summed E-state index contributed by atoms with van der Waals surface area (Å²) in [5, 5.41) is 0. The molecule has 0 spiro atoms. The summed E-state index contributed by atoms with van der Waals surface area (Å²) in [7, 11) is -3.20. The van der Waals surface area contributed by atoms with Gasteiger partial charge in [-0.15, -0.1) is 0 Å². The van der Waals surface area contributed by atoms with Gasteiger partial charge in [0.25, 0.3) is 0 Å². The molecule has 0 rings (SSSR count). The van der Waals surface area contributed by atoms with Gasteiger partial charge in [0.15, 0.2) is 0 Å². The van der Waals surface area contributed by atoms with Gasteiger partial charge in [-0.3, -0.25) is 4.52 Å². The predicted molar refractivity (Wildman–Crippen MR) is 19.1 cm³/mol. The molecule has 7 heavy (non-hydrogen) atoms. The van der Waals surface area contributed by atoms with E-state index in [0.717, 1.165) is 7.11 Å². The molecule has 0 amide bonds. The molecule has 0 heterocycles. The molecular weight excluding hydrogens is 196 g/mol. The molecule has 0 fully saturated rings. The number of rotatable bonds is 1. The zero-order valence-electron chi connectivity index (χ0n) is 3.74. The molecule has 0 bridgehead atoms. The minimum Gasteiger partial charge on any atom is -0.303 e. The molecular formula is CH5O4PY. The van der Waals surface area contributed by atoms with E-state index in [9.17, 15) is 4.57 Å². The van der Waals surface area contributed by atoms with Crippen LogP contribution in [0.2, 0.25) is 0 Å². The van der Waals surface area contributed by atoms with Gasteiger partial charge in [-0.1, -0.05) is 0 Å². The molecule has 41 valence electrons. The van der Waals surface area contributed by atoms with Crippen molar-refractivity contribution in [3.8, 4) is 0 Å². The van der Waals surface area contributed by atoms with Gasteiger partial charge in [-0.05, 0) is 0 Å². The molecule has 0 atom stereocenters. The van der Waals surface area contributed by atoms with E-state index in [2.05, 4.69) is 4.52 Å². The molecule has 6 heteroatoms. The molecule has 0 aliphatic heterocycles. The first-order valence-electron chi connectivity index (χ1n) is 1.17. The first kappa shape index (κ1) is 11.1. The summed E-state index contributed by atoms with van der Waals surface area (Å²) in [4.78, 5) is 15.4. The second-order valence-electron chi connectivity index (χ2n) is 0.673. The minimum absolute atomic E-state index is 0. The van der Waals surface area contributed by atoms with Gasteiger partial charge in [0.1, 0.15) is 0 Å². The Kier molecular flexibility index (Phi) is 6.53. The second kappa shape index (κ2) is 4.13. The molecule has 4 nitrogen and oxygen atoms in total. The SMILES string of the molecule is COP(=O)(O)O.[Y].